The third kappa shape index (κ3) is 4.76. The fourth-order valence-corrected chi connectivity index (χ4v) is 2.00. The maximum atomic E-state index is 11.9. The van der Waals surface area contributed by atoms with Crippen molar-refractivity contribution in [3.05, 3.63) is 23.8 Å². The highest BCUT2D eigenvalue weighted by atomic mass is 32.2. The number of benzene rings is 1. The summed E-state index contributed by atoms with van der Waals surface area (Å²) in [6.07, 6.45) is 5.17. The summed E-state index contributed by atoms with van der Waals surface area (Å²) in [4.78, 5) is 13.4. The molecule has 102 valence electrons. The monoisotopic (exact) mass is 277 g/mol. The van der Waals surface area contributed by atoms with E-state index < -0.39 is 0 Å². The van der Waals surface area contributed by atoms with Crippen LogP contribution in [0.15, 0.2) is 18.2 Å². The molecule has 0 radical (unpaired) electrons. The Morgan fingerprint density at radius 3 is 2.89 bits per heavy atom. The average molecular weight is 277 g/mol. The van der Waals surface area contributed by atoms with E-state index in [9.17, 15) is 4.79 Å². The van der Waals surface area contributed by atoms with Crippen LogP contribution in [-0.4, -0.2) is 43.0 Å². The number of rotatable bonds is 6. The van der Waals surface area contributed by atoms with E-state index in [-0.39, 0.29) is 5.91 Å². The van der Waals surface area contributed by atoms with E-state index in [4.69, 9.17) is 12.2 Å². The molecule has 0 aliphatic rings. The van der Waals surface area contributed by atoms with Gasteiger partial charge in [0.1, 0.15) is 0 Å². The Bertz CT molecular complexity index is 480. The van der Waals surface area contributed by atoms with Crippen molar-refractivity contribution >= 4 is 29.0 Å². The number of hydrogen-bond donors (Lipinski definition) is 2. The minimum atomic E-state index is -0.0373. The van der Waals surface area contributed by atoms with E-state index in [2.05, 4.69) is 11.2 Å². The molecule has 0 aliphatic carbocycles. The minimum absolute atomic E-state index is 0.0373. The second-order valence-electron chi connectivity index (χ2n) is 4.19. The van der Waals surface area contributed by atoms with E-state index in [0.29, 0.717) is 17.0 Å². The highest BCUT2D eigenvalue weighted by molar-refractivity contribution is 7.99. The second kappa shape index (κ2) is 7.59. The summed E-state index contributed by atoms with van der Waals surface area (Å²) < 4.78 is 0. The van der Waals surface area contributed by atoms with Gasteiger partial charge in [-0.05, 0) is 18.2 Å². The minimum Gasteiger partial charge on any atom is -0.397 e. The number of anilines is 2. The van der Waals surface area contributed by atoms with Crippen LogP contribution in [0.5, 0.6) is 0 Å². The Morgan fingerprint density at radius 1 is 1.53 bits per heavy atom. The second-order valence-corrected chi connectivity index (χ2v) is 5.29. The zero-order valence-corrected chi connectivity index (χ0v) is 12.1. The highest BCUT2D eigenvalue weighted by Crippen LogP contribution is 2.20. The molecule has 0 atom stereocenters. The summed E-state index contributed by atoms with van der Waals surface area (Å²) >= 11 is 1.68. The molecule has 19 heavy (non-hydrogen) atoms. The lowest BCUT2D eigenvalue weighted by Gasteiger charge is -2.13. The van der Waals surface area contributed by atoms with Gasteiger partial charge >= 0.3 is 0 Å². The summed E-state index contributed by atoms with van der Waals surface area (Å²) in [6, 6.07) is 5.26. The van der Waals surface area contributed by atoms with Gasteiger partial charge in [0, 0.05) is 32.0 Å². The number of hydrogen-bond acceptors (Lipinski definition) is 4. The number of carbonyl (C=O) groups is 1. The summed E-state index contributed by atoms with van der Waals surface area (Å²) in [5.74, 6) is 4.14. The van der Waals surface area contributed by atoms with Crippen LogP contribution in [0.2, 0.25) is 0 Å². The van der Waals surface area contributed by atoms with Gasteiger partial charge in [0.15, 0.2) is 0 Å². The lowest BCUT2D eigenvalue weighted by atomic mass is 10.1. The first kappa shape index (κ1) is 15.3. The van der Waals surface area contributed by atoms with Gasteiger partial charge in [0.25, 0.3) is 5.91 Å². The molecule has 0 fully saturated rings. The molecule has 5 heteroatoms. The van der Waals surface area contributed by atoms with Crippen molar-refractivity contribution in [2.75, 3.05) is 43.2 Å². The molecule has 1 aromatic rings. The standard InChI is InChI=1S/C14H19N3OS/c1-4-8-19-9-7-16-13-10-11(5-6-12(13)15)14(18)17(2)3/h1,5-6,10,16H,7-9,15H2,2-3H3. The smallest absolute Gasteiger partial charge is 0.253 e. The normalized spacial score (nSPS) is 9.74. The first-order valence-electron chi connectivity index (χ1n) is 5.92. The molecule has 0 bridgehead atoms. The molecule has 0 spiro atoms. The van der Waals surface area contributed by atoms with Gasteiger partial charge < -0.3 is 16.0 Å². The van der Waals surface area contributed by atoms with E-state index >= 15 is 0 Å². The van der Waals surface area contributed by atoms with E-state index in [0.717, 1.165) is 18.0 Å². The topological polar surface area (TPSA) is 58.4 Å². The number of thioether (sulfide) groups is 1. The van der Waals surface area contributed by atoms with Gasteiger partial charge in [0.05, 0.1) is 17.1 Å². The van der Waals surface area contributed by atoms with Crippen molar-refractivity contribution in [3.63, 3.8) is 0 Å². The Morgan fingerprint density at radius 2 is 2.26 bits per heavy atom. The largest absolute Gasteiger partial charge is 0.397 e. The Labute approximate surface area is 118 Å². The van der Waals surface area contributed by atoms with Crippen molar-refractivity contribution in [2.24, 2.45) is 0 Å². The molecule has 4 nitrogen and oxygen atoms in total. The van der Waals surface area contributed by atoms with Crippen molar-refractivity contribution in [1.29, 1.82) is 0 Å². The first-order chi connectivity index (χ1) is 9.06. The average Bonchev–Trinajstić information content (AvgIpc) is 2.39. The molecule has 0 saturated carbocycles. The lowest BCUT2D eigenvalue weighted by Crippen LogP contribution is -2.22. The van der Waals surface area contributed by atoms with E-state index in [1.54, 1.807) is 44.1 Å². The molecule has 1 aromatic carbocycles. The maximum Gasteiger partial charge on any atom is 0.253 e. The van der Waals surface area contributed by atoms with Crippen molar-refractivity contribution in [1.82, 2.24) is 4.90 Å². The van der Waals surface area contributed by atoms with Crippen LogP contribution in [0.1, 0.15) is 10.4 Å². The van der Waals surface area contributed by atoms with E-state index in [1.807, 2.05) is 0 Å². The molecule has 1 rings (SSSR count). The van der Waals surface area contributed by atoms with Crippen LogP contribution in [0.4, 0.5) is 11.4 Å². The van der Waals surface area contributed by atoms with Crippen LogP contribution in [-0.2, 0) is 0 Å². The number of nitrogen functional groups attached to an aromatic ring is 1. The van der Waals surface area contributed by atoms with Gasteiger partial charge in [-0.1, -0.05) is 5.92 Å². The van der Waals surface area contributed by atoms with Crippen LogP contribution in [0.3, 0.4) is 0 Å². The van der Waals surface area contributed by atoms with Gasteiger partial charge in [-0.25, -0.2) is 0 Å². The van der Waals surface area contributed by atoms with Crippen molar-refractivity contribution in [3.8, 4) is 12.3 Å². The quantitative estimate of drug-likeness (QED) is 0.472. The summed E-state index contributed by atoms with van der Waals surface area (Å²) in [5.41, 5.74) is 7.93. The Hall–Kier alpha value is -1.80. The lowest BCUT2D eigenvalue weighted by molar-refractivity contribution is 0.0827. The number of terminal acetylenes is 1. The predicted octanol–water partition coefficient (Wildman–Crippen LogP) is 1.75. The van der Waals surface area contributed by atoms with Crippen LogP contribution >= 0.6 is 11.8 Å². The Balaban J connectivity index is 2.65. The number of nitrogens with one attached hydrogen (secondary N) is 1. The fraction of sp³-hybridized carbons (Fsp3) is 0.357. The molecule has 3 N–H and O–H groups in total. The number of nitrogens with zero attached hydrogens (tertiary/aromatic N) is 1. The highest BCUT2D eigenvalue weighted by Gasteiger charge is 2.09. The van der Waals surface area contributed by atoms with Crippen molar-refractivity contribution in [2.45, 2.75) is 0 Å². The molecule has 1 amide bonds. The third-order valence-electron chi connectivity index (χ3n) is 2.45. The number of nitrogens with two attached hydrogens (primary N) is 1. The van der Waals surface area contributed by atoms with Gasteiger partial charge in [-0.3, -0.25) is 4.79 Å². The molecule has 0 aromatic heterocycles. The van der Waals surface area contributed by atoms with Crippen LogP contribution < -0.4 is 11.1 Å². The summed E-state index contributed by atoms with van der Waals surface area (Å²) in [6.45, 7) is 0.760. The molecule has 0 saturated heterocycles. The predicted molar refractivity (Wildman–Crippen MR) is 83.5 cm³/mol. The van der Waals surface area contributed by atoms with Crippen molar-refractivity contribution < 1.29 is 4.79 Å². The van der Waals surface area contributed by atoms with E-state index in [1.165, 1.54) is 4.90 Å². The fourth-order valence-electron chi connectivity index (χ4n) is 1.49. The van der Waals surface area contributed by atoms with Crippen LogP contribution in [0, 0.1) is 12.3 Å². The summed E-state index contributed by atoms with van der Waals surface area (Å²) in [7, 11) is 3.45. The SMILES string of the molecule is C#CCSCCNc1cc(C(=O)N(C)C)ccc1N. The van der Waals surface area contributed by atoms with Gasteiger partial charge in [-0.15, -0.1) is 18.2 Å². The zero-order chi connectivity index (χ0) is 14.3. The molecular weight excluding hydrogens is 258 g/mol. The van der Waals surface area contributed by atoms with Gasteiger partial charge in [0.2, 0.25) is 0 Å². The molecular formula is C14H19N3OS. The molecule has 0 unspecified atom stereocenters. The zero-order valence-electron chi connectivity index (χ0n) is 11.3. The van der Waals surface area contributed by atoms with Crippen LogP contribution in [0.25, 0.3) is 0 Å². The first-order valence-corrected chi connectivity index (χ1v) is 7.08. The summed E-state index contributed by atoms with van der Waals surface area (Å²) in [5, 5.41) is 3.22. The Kier molecular flexibility index (Phi) is 6.10. The number of amides is 1. The molecule has 0 heterocycles. The number of carbonyl (C=O) groups excluding carboxylic acids is 1. The molecule has 0 aliphatic heterocycles. The third-order valence-corrected chi connectivity index (χ3v) is 3.32. The van der Waals surface area contributed by atoms with Gasteiger partial charge in [-0.2, -0.15) is 0 Å². The maximum absolute atomic E-state index is 11.9.